The summed E-state index contributed by atoms with van der Waals surface area (Å²) in [7, 11) is 0. The standard InChI is InChI=1S/C16H14O3/c1-10(16(17)18)13-7-4-6-12-9-11-5-2-3-8-14(11)19-15(12)13/h2-8,10H,9H2,1H3,(H,17,18). The lowest BCUT2D eigenvalue weighted by molar-refractivity contribution is -0.138. The maximum atomic E-state index is 11.2. The molecule has 0 bridgehead atoms. The van der Waals surface area contributed by atoms with Crippen LogP contribution < -0.4 is 4.74 Å². The predicted octanol–water partition coefficient (Wildman–Crippen LogP) is 3.57. The average Bonchev–Trinajstić information content (AvgIpc) is 2.43. The van der Waals surface area contributed by atoms with E-state index in [0.717, 1.165) is 28.9 Å². The van der Waals surface area contributed by atoms with Gasteiger partial charge in [0, 0.05) is 12.0 Å². The number of hydrogen-bond acceptors (Lipinski definition) is 2. The third-order valence-electron chi connectivity index (χ3n) is 3.53. The Balaban J connectivity index is 2.08. The zero-order valence-electron chi connectivity index (χ0n) is 10.6. The van der Waals surface area contributed by atoms with Crippen LogP contribution in [0.4, 0.5) is 0 Å². The molecule has 0 fully saturated rings. The molecule has 1 unspecified atom stereocenters. The highest BCUT2D eigenvalue weighted by molar-refractivity contribution is 5.77. The zero-order chi connectivity index (χ0) is 13.4. The second kappa shape index (κ2) is 4.43. The molecule has 2 aromatic rings. The van der Waals surface area contributed by atoms with Crippen LogP contribution in [0, 0.1) is 0 Å². The van der Waals surface area contributed by atoms with Crippen molar-refractivity contribution >= 4 is 5.97 Å². The Bertz CT molecular complexity index is 646. The van der Waals surface area contributed by atoms with Crippen molar-refractivity contribution in [1.29, 1.82) is 0 Å². The first kappa shape index (κ1) is 11.8. The van der Waals surface area contributed by atoms with Crippen LogP contribution in [0.5, 0.6) is 11.5 Å². The van der Waals surface area contributed by atoms with Gasteiger partial charge < -0.3 is 9.84 Å². The van der Waals surface area contributed by atoms with E-state index >= 15 is 0 Å². The van der Waals surface area contributed by atoms with Gasteiger partial charge in [-0.2, -0.15) is 0 Å². The van der Waals surface area contributed by atoms with Crippen molar-refractivity contribution < 1.29 is 14.6 Å². The van der Waals surface area contributed by atoms with Gasteiger partial charge in [0.25, 0.3) is 0 Å². The predicted molar refractivity (Wildman–Crippen MR) is 71.8 cm³/mol. The molecule has 96 valence electrons. The molecular formula is C16H14O3. The van der Waals surface area contributed by atoms with Gasteiger partial charge in [0.15, 0.2) is 0 Å². The maximum Gasteiger partial charge on any atom is 0.310 e. The molecule has 1 aliphatic rings. The molecule has 0 radical (unpaired) electrons. The Morgan fingerprint density at radius 2 is 1.89 bits per heavy atom. The Hall–Kier alpha value is -2.29. The molecule has 0 amide bonds. The van der Waals surface area contributed by atoms with Crippen molar-refractivity contribution in [1.82, 2.24) is 0 Å². The molecule has 3 rings (SSSR count). The van der Waals surface area contributed by atoms with Gasteiger partial charge >= 0.3 is 5.97 Å². The number of rotatable bonds is 2. The van der Waals surface area contributed by atoms with E-state index < -0.39 is 11.9 Å². The Kier molecular flexibility index (Phi) is 2.75. The van der Waals surface area contributed by atoms with E-state index in [4.69, 9.17) is 4.74 Å². The summed E-state index contributed by atoms with van der Waals surface area (Å²) in [6.45, 7) is 1.68. The number of carboxylic acid groups (broad SMARTS) is 1. The van der Waals surface area contributed by atoms with Gasteiger partial charge in [0.2, 0.25) is 0 Å². The zero-order valence-corrected chi connectivity index (χ0v) is 10.6. The van der Waals surface area contributed by atoms with Crippen molar-refractivity contribution in [3.8, 4) is 11.5 Å². The van der Waals surface area contributed by atoms with Crippen molar-refractivity contribution in [3.05, 3.63) is 59.2 Å². The Morgan fingerprint density at radius 1 is 1.16 bits per heavy atom. The number of carbonyl (C=O) groups is 1. The molecule has 19 heavy (non-hydrogen) atoms. The summed E-state index contributed by atoms with van der Waals surface area (Å²) in [6.07, 6.45) is 0.783. The molecule has 2 aromatic carbocycles. The molecule has 0 saturated carbocycles. The van der Waals surface area contributed by atoms with E-state index in [1.165, 1.54) is 0 Å². The molecule has 3 nitrogen and oxygen atoms in total. The molecule has 0 spiro atoms. The van der Waals surface area contributed by atoms with Crippen LogP contribution in [0.3, 0.4) is 0 Å². The number of carboxylic acids is 1. The third-order valence-corrected chi connectivity index (χ3v) is 3.53. The first-order valence-corrected chi connectivity index (χ1v) is 6.27. The highest BCUT2D eigenvalue weighted by Gasteiger charge is 2.24. The Labute approximate surface area is 111 Å². The van der Waals surface area contributed by atoms with Crippen LogP contribution in [0.2, 0.25) is 0 Å². The summed E-state index contributed by atoms with van der Waals surface area (Å²) in [6, 6.07) is 13.6. The van der Waals surface area contributed by atoms with Crippen LogP contribution in [0.15, 0.2) is 42.5 Å². The SMILES string of the molecule is CC(C(=O)O)c1cccc2c1Oc1ccccc1C2. The van der Waals surface area contributed by atoms with Crippen LogP contribution in [-0.2, 0) is 11.2 Å². The van der Waals surface area contributed by atoms with Gasteiger partial charge in [-0.05, 0) is 24.1 Å². The largest absolute Gasteiger partial charge is 0.481 e. The number of hydrogen-bond donors (Lipinski definition) is 1. The fourth-order valence-corrected chi connectivity index (χ4v) is 2.41. The maximum absolute atomic E-state index is 11.2. The smallest absolute Gasteiger partial charge is 0.310 e. The highest BCUT2D eigenvalue weighted by Crippen LogP contribution is 2.40. The molecule has 1 heterocycles. The first-order valence-electron chi connectivity index (χ1n) is 6.27. The van der Waals surface area contributed by atoms with Crippen molar-refractivity contribution in [2.45, 2.75) is 19.3 Å². The van der Waals surface area contributed by atoms with Gasteiger partial charge in [-0.3, -0.25) is 4.79 Å². The second-order valence-corrected chi connectivity index (χ2v) is 4.78. The minimum Gasteiger partial charge on any atom is -0.481 e. The quantitative estimate of drug-likeness (QED) is 0.760. The topological polar surface area (TPSA) is 46.5 Å². The summed E-state index contributed by atoms with van der Waals surface area (Å²) >= 11 is 0. The van der Waals surface area contributed by atoms with Gasteiger partial charge in [-0.25, -0.2) is 0 Å². The average molecular weight is 254 g/mol. The normalized spacial score (nSPS) is 13.9. The number of fused-ring (bicyclic) bond motifs is 2. The van der Waals surface area contributed by atoms with Crippen LogP contribution in [-0.4, -0.2) is 11.1 Å². The van der Waals surface area contributed by atoms with Crippen LogP contribution in [0.1, 0.15) is 29.5 Å². The van der Waals surface area contributed by atoms with E-state index in [0.29, 0.717) is 5.75 Å². The van der Waals surface area contributed by atoms with Gasteiger partial charge in [-0.15, -0.1) is 0 Å². The van der Waals surface area contributed by atoms with Crippen LogP contribution in [0.25, 0.3) is 0 Å². The molecule has 1 atom stereocenters. The monoisotopic (exact) mass is 254 g/mol. The summed E-state index contributed by atoms with van der Waals surface area (Å²) in [5.41, 5.74) is 2.92. The summed E-state index contributed by atoms with van der Waals surface area (Å²) in [5, 5.41) is 9.18. The van der Waals surface area contributed by atoms with Crippen molar-refractivity contribution in [2.75, 3.05) is 0 Å². The lowest BCUT2D eigenvalue weighted by Crippen LogP contribution is -2.12. The molecule has 3 heteroatoms. The minimum atomic E-state index is -0.837. The molecule has 1 aliphatic heterocycles. The van der Waals surface area contributed by atoms with Crippen molar-refractivity contribution in [2.24, 2.45) is 0 Å². The fraction of sp³-hybridized carbons (Fsp3) is 0.188. The number of aliphatic carboxylic acids is 1. The lowest BCUT2D eigenvalue weighted by atomic mass is 9.93. The molecule has 0 aliphatic carbocycles. The van der Waals surface area contributed by atoms with Gasteiger partial charge in [0.05, 0.1) is 5.92 Å². The van der Waals surface area contributed by atoms with E-state index in [2.05, 4.69) is 0 Å². The van der Waals surface area contributed by atoms with Crippen LogP contribution >= 0.6 is 0 Å². The third kappa shape index (κ3) is 1.97. The number of ether oxygens (including phenoxy) is 1. The summed E-state index contributed by atoms with van der Waals surface area (Å²) in [4.78, 5) is 11.2. The molecule has 1 N–H and O–H groups in total. The fourth-order valence-electron chi connectivity index (χ4n) is 2.41. The second-order valence-electron chi connectivity index (χ2n) is 4.78. The minimum absolute atomic E-state index is 0.569. The summed E-state index contributed by atoms with van der Waals surface area (Å²) < 4.78 is 5.92. The van der Waals surface area contributed by atoms with Gasteiger partial charge in [-0.1, -0.05) is 36.4 Å². The molecule has 0 saturated heterocycles. The Morgan fingerprint density at radius 3 is 2.68 bits per heavy atom. The van der Waals surface area contributed by atoms with E-state index in [1.807, 2.05) is 42.5 Å². The van der Waals surface area contributed by atoms with Crippen molar-refractivity contribution in [3.63, 3.8) is 0 Å². The van der Waals surface area contributed by atoms with E-state index in [-0.39, 0.29) is 0 Å². The van der Waals surface area contributed by atoms with E-state index in [1.54, 1.807) is 6.92 Å². The number of para-hydroxylation sites is 2. The molecular weight excluding hydrogens is 240 g/mol. The number of benzene rings is 2. The summed E-state index contributed by atoms with van der Waals surface area (Å²) in [5.74, 6) is 0.118. The first-order chi connectivity index (χ1) is 9.16. The van der Waals surface area contributed by atoms with E-state index in [9.17, 15) is 9.90 Å². The van der Waals surface area contributed by atoms with Gasteiger partial charge in [0.1, 0.15) is 11.5 Å². The highest BCUT2D eigenvalue weighted by atomic mass is 16.5. The molecule has 0 aromatic heterocycles. The lowest BCUT2D eigenvalue weighted by Gasteiger charge is -2.23.